The van der Waals surface area contributed by atoms with Crippen LogP contribution in [0.3, 0.4) is 0 Å². The number of fused-ring (bicyclic) bond motifs is 1. The standard InChI is InChI=1S/C33H35FN4O3S/c1-21-8-11-37(12-9-21)18-24-3-5-28(36-17-24)32-16-29-33(42-32)31(7-10-35-29)41-30-6-4-23(15-27(30)34)13-26(40)14-25-19-38(20-25)22(2)39/h3-7,10,15-17,21,25H,8-9,11-14,18-20H2,1-2H3. The number of carbonyl (C=O) groups is 2. The van der Waals surface area contributed by atoms with E-state index in [-0.39, 0.29) is 29.8 Å². The summed E-state index contributed by atoms with van der Waals surface area (Å²) in [5, 5.41) is 0. The second kappa shape index (κ2) is 12.3. The van der Waals surface area contributed by atoms with E-state index >= 15 is 4.39 Å². The third-order valence-electron chi connectivity index (χ3n) is 8.27. The van der Waals surface area contributed by atoms with Crippen molar-refractivity contribution in [2.75, 3.05) is 26.2 Å². The summed E-state index contributed by atoms with van der Waals surface area (Å²) in [5.41, 5.74) is 3.45. The molecule has 218 valence electrons. The molecule has 0 aliphatic carbocycles. The van der Waals surface area contributed by atoms with Crippen LogP contribution in [0, 0.1) is 17.7 Å². The number of aromatic nitrogens is 2. The molecule has 6 rings (SSSR count). The minimum Gasteiger partial charge on any atom is -0.453 e. The Hall–Kier alpha value is -3.69. The zero-order chi connectivity index (χ0) is 29.2. The number of thiophene rings is 1. The monoisotopic (exact) mass is 586 g/mol. The lowest BCUT2D eigenvalue weighted by Crippen LogP contribution is -2.49. The maximum absolute atomic E-state index is 15.1. The lowest BCUT2D eigenvalue weighted by molar-refractivity contribution is -0.137. The summed E-state index contributed by atoms with van der Waals surface area (Å²) in [6, 6.07) is 12.6. The summed E-state index contributed by atoms with van der Waals surface area (Å²) >= 11 is 1.52. The van der Waals surface area contributed by atoms with Crippen molar-refractivity contribution in [1.29, 1.82) is 0 Å². The van der Waals surface area contributed by atoms with Gasteiger partial charge >= 0.3 is 0 Å². The van der Waals surface area contributed by atoms with E-state index in [9.17, 15) is 9.59 Å². The van der Waals surface area contributed by atoms with Gasteiger partial charge in [-0.05, 0) is 67.2 Å². The molecule has 42 heavy (non-hydrogen) atoms. The van der Waals surface area contributed by atoms with Crippen molar-refractivity contribution in [3.63, 3.8) is 0 Å². The summed E-state index contributed by atoms with van der Waals surface area (Å²) in [4.78, 5) is 38.3. The van der Waals surface area contributed by atoms with Crippen LogP contribution < -0.4 is 4.74 Å². The predicted octanol–water partition coefficient (Wildman–Crippen LogP) is 6.50. The first-order valence-corrected chi connectivity index (χ1v) is 15.4. The van der Waals surface area contributed by atoms with E-state index in [1.165, 1.54) is 42.7 Å². The Balaban J connectivity index is 1.10. The van der Waals surface area contributed by atoms with Crippen molar-refractivity contribution in [2.24, 2.45) is 11.8 Å². The van der Waals surface area contributed by atoms with Gasteiger partial charge in [0.2, 0.25) is 5.91 Å². The second-order valence-corrected chi connectivity index (χ2v) is 12.8. The SMILES string of the molecule is CC(=O)N1CC(CC(=O)Cc2ccc(Oc3ccnc4cc(-c5ccc(CN6CCC(C)CC6)cn5)sc34)c(F)c2)C1. The van der Waals surface area contributed by atoms with Crippen molar-refractivity contribution < 1.29 is 18.7 Å². The number of carbonyl (C=O) groups excluding carboxylic acids is 2. The van der Waals surface area contributed by atoms with Crippen LogP contribution in [0.4, 0.5) is 4.39 Å². The highest BCUT2D eigenvalue weighted by Crippen LogP contribution is 2.39. The molecule has 5 heterocycles. The van der Waals surface area contributed by atoms with Gasteiger partial charge in [0.15, 0.2) is 11.6 Å². The molecule has 4 aromatic rings. The van der Waals surface area contributed by atoms with Crippen molar-refractivity contribution in [3.05, 3.63) is 71.8 Å². The Morgan fingerprint density at radius 2 is 1.81 bits per heavy atom. The van der Waals surface area contributed by atoms with Crippen LogP contribution in [0.25, 0.3) is 20.8 Å². The molecule has 2 aliphatic rings. The molecule has 0 N–H and O–H groups in total. The van der Waals surface area contributed by atoms with Gasteiger partial charge in [0, 0.05) is 63.8 Å². The smallest absolute Gasteiger partial charge is 0.219 e. The molecule has 9 heteroatoms. The normalized spacial score (nSPS) is 16.5. The first-order valence-electron chi connectivity index (χ1n) is 14.6. The van der Waals surface area contributed by atoms with E-state index in [0.717, 1.165) is 46.3 Å². The Bertz CT molecular complexity index is 1590. The molecule has 1 aromatic carbocycles. The number of ketones is 1. The zero-order valence-corrected chi connectivity index (χ0v) is 24.8. The number of likely N-dealkylation sites (tertiary alicyclic amines) is 2. The van der Waals surface area contributed by atoms with Crippen LogP contribution >= 0.6 is 11.3 Å². The largest absolute Gasteiger partial charge is 0.453 e. The van der Waals surface area contributed by atoms with Gasteiger partial charge in [-0.3, -0.25) is 24.5 Å². The lowest BCUT2D eigenvalue weighted by atomic mass is 9.92. The number of nitrogens with zero attached hydrogens (tertiary/aromatic N) is 4. The van der Waals surface area contributed by atoms with E-state index in [0.29, 0.717) is 30.8 Å². The number of halogens is 1. The third kappa shape index (κ3) is 6.52. The molecule has 2 fully saturated rings. The van der Waals surface area contributed by atoms with Crippen LogP contribution in [-0.4, -0.2) is 57.6 Å². The van der Waals surface area contributed by atoms with Gasteiger partial charge in [-0.25, -0.2) is 4.39 Å². The number of Topliss-reactive ketones (excluding diaryl/α,β-unsaturated/α-hetero) is 1. The minimum atomic E-state index is -0.520. The van der Waals surface area contributed by atoms with E-state index < -0.39 is 5.82 Å². The molecule has 0 atom stereocenters. The molecule has 1 amide bonds. The molecule has 0 unspecified atom stereocenters. The molecule has 0 radical (unpaired) electrons. The van der Waals surface area contributed by atoms with E-state index in [1.807, 2.05) is 12.3 Å². The molecule has 0 spiro atoms. The molecule has 2 saturated heterocycles. The molecule has 3 aromatic heterocycles. The van der Waals surface area contributed by atoms with Crippen LogP contribution in [-0.2, 0) is 22.6 Å². The molecule has 0 bridgehead atoms. The summed E-state index contributed by atoms with van der Waals surface area (Å²) in [7, 11) is 0. The summed E-state index contributed by atoms with van der Waals surface area (Å²) in [6.45, 7) is 8.29. The average Bonchev–Trinajstić information content (AvgIpc) is 3.39. The fourth-order valence-electron chi connectivity index (χ4n) is 5.70. The maximum Gasteiger partial charge on any atom is 0.219 e. The maximum atomic E-state index is 15.1. The predicted molar refractivity (Wildman–Crippen MR) is 162 cm³/mol. The Morgan fingerprint density at radius 1 is 1.02 bits per heavy atom. The number of hydrogen-bond acceptors (Lipinski definition) is 7. The van der Waals surface area contributed by atoms with Crippen molar-refractivity contribution >= 4 is 33.2 Å². The highest BCUT2D eigenvalue weighted by Gasteiger charge is 2.30. The number of piperidine rings is 1. The summed E-state index contributed by atoms with van der Waals surface area (Å²) in [5.74, 6) is 1.18. The molecular weight excluding hydrogens is 551 g/mol. The molecule has 2 aliphatic heterocycles. The summed E-state index contributed by atoms with van der Waals surface area (Å²) in [6.07, 6.45) is 6.67. The van der Waals surface area contributed by atoms with E-state index in [4.69, 9.17) is 9.72 Å². The number of ether oxygens (including phenoxy) is 1. The van der Waals surface area contributed by atoms with Crippen molar-refractivity contribution in [3.8, 4) is 22.1 Å². The number of rotatable bonds is 9. The van der Waals surface area contributed by atoms with Gasteiger partial charge in [0.25, 0.3) is 0 Å². The Kier molecular flexibility index (Phi) is 8.31. The van der Waals surface area contributed by atoms with Crippen LogP contribution in [0.2, 0.25) is 0 Å². The van der Waals surface area contributed by atoms with E-state index in [2.05, 4.69) is 28.9 Å². The molecule has 0 saturated carbocycles. The Morgan fingerprint density at radius 3 is 2.52 bits per heavy atom. The second-order valence-electron chi connectivity index (χ2n) is 11.7. The molecular formula is C33H35FN4O3S. The summed E-state index contributed by atoms with van der Waals surface area (Å²) < 4.78 is 21.9. The first kappa shape index (κ1) is 28.4. The third-order valence-corrected chi connectivity index (χ3v) is 9.43. The zero-order valence-electron chi connectivity index (χ0n) is 24.0. The quantitative estimate of drug-likeness (QED) is 0.223. The van der Waals surface area contributed by atoms with Crippen LogP contribution in [0.15, 0.2) is 54.9 Å². The Labute approximate surface area is 249 Å². The number of pyridine rings is 2. The highest BCUT2D eigenvalue weighted by atomic mass is 32.1. The van der Waals surface area contributed by atoms with Crippen LogP contribution in [0.1, 0.15) is 44.2 Å². The van der Waals surface area contributed by atoms with Crippen molar-refractivity contribution in [2.45, 2.75) is 46.1 Å². The first-order chi connectivity index (χ1) is 20.3. The van der Waals surface area contributed by atoms with E-state index in [1.54, 1.807) is 29.3 Å². The topological polar surface area (TPSA) is 75.6 Å². The van der Waals surface area contributed by atoms with Crippen molar-refractivity contribution in [1.82, 2.24) is 19.8 Å². The average molecular weight is 587 g/mol. The van der Waals surface area contributed by atoms with Gasteiger partial charge in [-0.1, -0.05) is 19.1 Å². The van der Waals surface area contributed by atoms with Gasteiger partial charge in [0.05, 0.1) is 20.8 Å². The van der Waals surface area contributed by atoms with Gasteiger partial charge in [-0.15, -0.1) is 11.3 Å². The number of benzene rings is 1. The minimum absolute atomic E-state index is 0.0326. The fourth-order valence-corrected chi connectivity index (χ4v) is 6.74. The fraction of sp³-hybridized carbons (Fsp3) is 0.394. The van der Waals surface area contributed by atoms with Gasteiger partial charge in [-0.2, -0.15) is 0 Å². The van der Waals surface area contributed by atoms with Gasteiger partial charge < -0.3 is 9.64 Å². The van der Waals surface area contributed by atoms with Crippen LogP contribution in [0.5, 0.6) is 11.5 Å². The lowest BCUT2D eigenvalue weighted by Gasteiger charge is -2.38. The molecule has 7 nitrogen and oxygen atoms in total. The number of hydrogen-bond donors (Lipinski definition) is 0. The highest BCUT2D eigenvalue weighted by molar-refractivity contribution is 7.22. The number of amides is 1. The van der Waals surface area contributed by atoms with Gasteiger partial charge in [0.1, 0.15) is 11.5 Å².